The van der Waals surface area contributed by atoms with Gasteiger partial charge in [0.05, 0.1) is 10.5 Å². The van der Waals surface area contributed by atoms with Crippen molar-refractivity contribution < 1.29 is 14.3 Å². The molecule has 80 valence electrons. The summed E-state index contributed by atoms with van der Waals surface area (Å²) in [5.41, 5.74) is 0.0151. The second-order valence-electron chi connectivity index (χ2n) is 4.01. The molecule has 0 aromatic rings. The van der Waals surface area contributed by atoms with Crippen LogP contribution in [0.5, 0.6) is 0 Å². The fourth-order valence-corrected chi connectivity index (χ4v) is 2.82. The summed E-state index contributed by atoms with van der Waals surface area (Å²) in [5.74, 6) is -0.714. The van der Waals surface area contributed by atoms with E-state index >= 15 is 0 Å². The van der Waals surface area contributed by atoms with Crippen LogP contribution in [0.3, 0.4) is 0 Å². The van der Waals surface area contributed by atoms with Crippen LogP contribution >= 0.6 is 24.0 Å². The molecule has 2 aliphatic rings. The van der Waals surface area contributed by atoms with Gasteiger partial charge in [-0.05, 0) is 0 Å². The molecule has 0 radical (unpaired) electrons. The third-order valence-electron chi connectivity index (χ3n) is 2.29. The Morgan fingerprint density at radius 1 is 1.47 bits per heavy atom. The van der Waals surface area contributed by atoms with Crippen molar-refractivity contribution in [1.82, 2.24) is 5.32 Å². The van der Waals surface area contributed by atoms with Gasteiger partial charge >= 0.3 is 5.97 Å². The minimum absolute atomic E-state index is 0.299. The van der Waals surface area contributed by atoms with E-state index in [-0.39, 0.29) is 5.91 Å². The minimum Gasteiger partial charge on any atom is -0.461 e. The summed E-state index contributed by atoms with van der Waals surface area (Å²) in [7, 11) is 0. The molecule has 0 aromatic heterocycles. The van der Waals surface area contributed by atoms with E-state index in [1.807, 2.05) is 13.8 Å². The van der Waals surface area contributed by atoms with Crippen molar-refractivity contribution in [2.24, 2.45) is 5.41 Å². The summed E-state index contributed by atoms with van der Waals surface area (Å²) in [4.78, 5) is 23.4. The van der Waals surface area contributed by atoms with E-state index in [9.17, 15) is 9.59 Å². The van der Waals surface area contributed by atoms with Crippen LogP contribution in [-0.2, 0) is 14.3 Å². The first kappa shape index (κ1) is 10.6. The molecule has 0 atom stereocenters. The summed E-state index contributed by atoms with van der Waals surface area (Å²) < 4.78 is 5.33. The molecule has 0 bridgehead atoms. The SMILES string of the molecule is CC1(C)COC(=O)C1=C1SC(=S)NC1=O. The van der Waals surface area contributed by atoms with Gasteiger partial charge in [-0.1, -0.05) is 37.8 Å². The van der Waals surface area contributed by atoms with Crippen molar-refractivity contribution in [3.8, 4) is 0 Å². The molecule has 6 heteroatoms. The zero-order valence-corrected chi connectivity index (χ0v) is 9.88. The number of nitrogens with one attached hydrogen (secondary N) is 1. The molecule has 0 aliphatic carbocycles. The molecule has 2 saturated heterocycles. The number of carbonyl (C=O) groups is 2. The van der Waals surface area contributed by atoms with Crippen LogP contribution in [0.4, 0.5) is 0 Å². The Hall–Kier alpha value is -0.880. The Balaban J connectivity index is 2.52. The van der Waals surface area contributed by atoms with Crippen LogP contribution in [0.15, 0.2) is 10.5 Å². The molecular weight excluding hydrogens is 234 g/mol. The van der Waals surface area contributed by atoms with E-state index in [0.29, 0.717) is 21.4 Å². The molecule has 0 spiro atoms. The van der Waals surface area contributed by atoms with Gasteiger partial charge in [-0.25, -0.2) is 4.79 Å². The second kappa shape index (κ2) is 3.31. The number of carbonyl (C=O) groups excluding carboxylic acids is 2. The molecule has 2 aliphatic heterocycles. The lowest BCUT2D eigenvalue weighted by Crippen LogP contribution is -2.22. The van der Waals surface area contributed by atoms with Crippen LogP contribution in [0.1, 0.15) is 13.8 Å². The summed E-state index contributed by atoms with van der Waals surface area (Å²) in [6.07, 6.45) is 0. The second-order valence-corrected chi connectivity index (χ2v) is 5.70. The highest BCUT2D eigenvalue weighted by Crippen LogP contribution is 2.41. The smallest absolute Gasteiger partial charge is 0.336 e. The molecule has 2 fully saturated rings. The number of thioether (sulfide) groups is 1. The lowest BCUT2D eigenvalue weighted by molar-refractivity contribution is -0.135. The maximum Gasteiger partial charge on any atom is 0.336 e. The Bertz CT molecular complexity index is 412. The van der Waals surface area contributed by atoms with E-state index in [1.54, 1.807) is 0 Å². The summed E-state index contributed by atoms with van der Waals surface area (Å²) in [5, 5.41) is 2.49. The maximum absolute atomic E-state index is 11.5. The summed E-state index contributed by atoms with van der Waals surface area (Å²) in [6.45, 7) is 4.05. The predicted molar refractivity (Wildman–Crippen MR) is 60.1 cm³/mol. The molecule has 0 saturated carbocycles. The molecule has 1 N–H and O–H groups in total. The summed E-state index contributed by atoms with van der Waals surface area (Å²) >= 11 is 5.99. The first-order chi connectivity index (χ1) is 6.92. The van der Waals surface area contributed by atoms with Gasteiger partial charge in [-0.3, -0.25) is 4.79 Å². The average Bonchev–Trinajstić information content (AvgIpc) is 2.54. The Morgan fingerprint density at radius 3 is 2.53 bits per heavy atom. The van der Waals surface area contributed by atoms with E-state index in [4.69, 9.17) is 17.0 Å². The van der Waals surface area contributed by atoms with Gasteiger partial charge in [0, 0.05) is 5.41 Å². The van der Waals surface area contributed by atoms with Crippen molar-refractivity contribution in [2.45, 2.75) is 13.8 Å². The minimum atomic E-state index is -0.420. The monoisotopic (exact) mass is 243 g/mol. The standard InChI is InChI=1S/C9H9NO3S2/c1-9(2)3-13-7(12)4(9)5-6(11)10-8(14)15-5/h3H2,1-2H3,(H,10,11,14). The van der Waals surface area contributed by atoms with Crippen LogP contribution in [0.2, 0.25) is 0 Å². The third-order valence-corrected chi connectivity index (χ3v) is 3.52. The van der Waals surface area contributed by atoms with Gasteiger partial charge in [0.25, 0.3) is 5.91 Å². The molecular formula is C9H9NO3S2. The van der Waals surface area contributed by atoms with E-state index in [0.717, 1.165) is 11.8 Å². The zero-order chi connectivity index (χ0) is 11.2. The van der Waals surface area contributed by atoms with Gasteiger partial charge in [-0.15, -0.1) is 0 Å². The quantitative estimate of drug-likeness (QED) is 0.390. The fraction of sp³-hybridized carbons (Fsp3) is 0.444. The van der Waals surface area contributed by atoms with Crippen molar-refractivity contribution in [3.63, 3.8) is 0 Å². The van der Waals surface area contributed by atoms with Crippen LogP contribution in [-0.4, -0.2) is 22.8 Å². The molecule has 15 heavy (non-hydrogen) atoms. The zero-order valence-electron chi connectivity index (χ0n) is 8.25. The third kappa shape index (κ3) is 1.68. The lowest BCUT2D eigenvalue weighted by Gasteiger charge is -2.14. The van der Waals surface area contributed by atoms with Gasteiger partial charge in [0.2, 0.25) is 0 Å². The Morgan fingerprint density at radius 2 is 2.13 bits per heavy atom. The molecule has 1 amide bonds. The first-order valence-electron chi connectivity index (χ1n) is 4.37. The molecule has 0 aromatic carbocycles. The number of ether oxygens (including phenoxy) is 1. The van der Waals surface area contributed by atoms with Crippen molar-refractivity contribution in [2.75, 3.05) is 6.61 Å². The Kier molecular flexibility index (Phi) is 2.35. The van der Waals surface area contributed by atoms with E-state index in [2.05, 4.69) is 5.32 Å². The number of amides is 1. The van der Waals surface area contributed by atoms with E-state index in [1.165, 1.54) is 0 Å². The first-order valence-corrected chi connectivity index (χ1v) is 5.59. The topological polar surface area (TPSA) is 55.4 Å². The number of cyclic esters (lactones) is 1. The number of esters is 1. The van der Waals surface area contributed by atoms with Gasteiger partial charge in [-0.2, -0.15) is 0 Å². The number of hydrogen-bond acceptors (Lipinski definition) is 5. The maximum atomic E-state index is 11.5. The van der Waals surface area contributed by atoms with Crippen molar-refractivity contribution in [1.29, 1.82) is 0 Å². The van der Waals surface area contributed by atoms with Crippen molar-refractivity contribution >= 4 is 40.2 Å². The highest BCUT2D eigenvalue weighted by molar-refractivity contribution is 8.26. The Labute approximate surface area is 96.4 Å². The van der Waals surface area contributed by atoms with Crippen LogP contribution < -0.4 is 5.32 Å². The normalized spacial score (nSPS) is 29.3. The highest BCUT2D eigenvalue weighted by atomic mass is 32.2. The van der Waals surface area contributed by atoms with Gasteiger partial charge in [0.1, 0.15) is 10.9 Å². The average molecular weight is 243 g/mol. The van der Waals surface area contributed by atoms with E-state index < -0.39 is 11.4 Å². The van der Waals surface area contributed by atoms with Crippen LogP contribution in [0.25, 0.3) is 0 Å². The number of hydrogen-bond donors (Lipinski definition) is 1. The molecule has 0 unspecified atom stereocenters. The predicted octanol–water partition coefficient (Wildman–Crippen LogP) is 0.971. The molecule has 2 rings (SSSR count). The van der Waals surface area contributed by atoms with Gasteiger partial charge < -0.3 is 10.1 Å². The largest absolute Gasteiger partial charge is 0.461 e. The van der Waals surface area contributed by atoms with Crippen molar-refractivity contribution in [3.05, 3.63) is 10.5 Å². The molecule has 4 nitrogen and oxygen atoms in total. The number of thiocarbonyl (C=S) groups is 1. The molecule has 2 heterocycles. The highest BCUT2D eigenvalue weighted by Gasteiger charge is 2.43. The number of rotatable bonds is 0. The van der Waals surface area contributed by atoms with Gasteiger partial charge in [0.15, 0.2) is 0 Å². The summed E-state index contributed by atoms with van der Waals surface area (Å²) in [6, 6.07) is 0. The lowest BCUT2D eigenvalue weighted by atomic mass is 9.87. The van der Waals surface area contributed by atoms with Crippen LogP contribution in [0, 0.1) is 5.41 Å². The fourth-order valence-electron chi connectivity index (χ4n) is 1.55.